The minimum absolute atomic E-state index is 0.702. The molecule has 0 atom stereocenters. The van der Waals surface area contributed by atoms with Crippen molar-refractivity contribution in [1.82, 2.24) is 43.2 Å². The highest BCUT2D eigenvalue weighted by Crippen LogP contribution is 2.45. The molecule has 0 saturated heterocycles. The molecule has 12 aromatic carbocycles. The highest BCUT2D eigenvalue weighted by Gasteiger charge is 2.23. The summed E-state index contributed by atoms with van der Waals surface area (Å²) in [4.78, 5) is 26.6. The van der Waals surface area contributed by atoms with Gasteiger partial charge in [0.25, 0.3) is 0 Å². The maximum absolute atomic E-state index is 4.48. The summed E-state index contributed by atoms with van der Waals surface area (Å²) in [5.74, 6) is 0.702. The molecule has 11 nitrogen and oxygen atoms in total. The number of hydrogen-bond acceptors (Lipinski definition) is 7. The zero-order valence-electron chi connectivity index (χ0n) is 57.4. The summed E-state index contributed by atoms with van der Waals surface area (Å²) in [6.45, 7) is 0. The average molecular weight is 1360 g/mol. The highest BCUT2D eigenvalue weighted by molar-refractivity contribution is 6.16. The molecule has 0 fully saturated rings. The Bertz CT molecular complexity index is 5920. The van der Waals surface area contributed by atoms with Crippen LogP contribution in [0.3, 0.4) is 0 Å². The molecule has 0 bridgehead atoms. The Morgan fingerprint density at radius 1 is 0.217 bits per heavy atom. The van der Waals surface area contributed by atoms with Gasteiger partial charge >= 0.3 is 0 Å². The second-order valence-corrected chi connectivity index (χ2v) is 26.3. The lowest BCUT2D eigenvalue weighted by Gasteiger charge is -2.26. The largest absolute Gasteiger partial charge is 0.317 e. The van der Waals surface area contributed by atoms with Gasteiger partial charge in [0, 0.05) is 157 Å². The summed E-state index contributed by atoms with van der Waals surface area (Å²) >= 11 is 0. The Hall–Kier alpha value is -14.6. The zero-order valence-corrected chi connectivity index (χ0v) is 57.4. The van der Waals surface area contributed by atoms with Crippen LogP contribution in [0.25, 0.3) is 133 Å². The van der Waals surface area contributed by atoms with Crippen LogP contribution in [0.2, 0.25) is 0 Å². The van der Waals surface area contributed by atoms with Gasteiger partial charge in [0.2, 0.25) is 0 Å². The monoisotopic (exact) mass is 1360 g/mol. The van der Waals surface area contributed by atoms with Crippen molar-refractivity contribution in [3.05, 3.63) is 396 Å². The molecule has 0 spiro atoms. The van der Waals surface area contributed by atoms with Crippen LogP contribution in [0.1, 0.15) is 0 Å². The normalized spacial score (nSPS) is 11.4. The van der Waals surface area contributed by atoms with E-state index in [1.807, 2.05) is 55.2 Å². The van der Waals surface area contributed by atoms with E-state index in [2.05, 4.69) is 375 Å². The summed E-state index contributed by atoms with van der Waals surface area (Å²) in [5.41, 5.74) is 25.5. The van der Waals surface area contributed by atoms with E-state index in [0.29, 0.717) is 5.82 Å². The van der Waals surface area contributed by atoms with E-state index in [1.165, 1.54) is 54.4 Å². The van der Waals surface area contributed by atoms with Gasteiger partial charge in [-0.05, 0) is 240 Å². The second kappa shape index (κ2) is 27.1. The van der Waals surface area contributed by atoms with Gasteiger partial charge < -0.3 is 28.1 Å². The maximum Gasteiger partial charge on any atom is 0.159 e. The van der Waals surface area contributed by atoms with Crippen LogP contribution in [-0.4, -0.2) is 43.2 Å². The molecular weight excluding hydrogens is 1300 g/mol. The van der Waals surface area contributed by atoms with Gasteiger partial charge in [0.05, 0.1) is 33.1 Å². The molecule has 0 radical (unpaired) electrons. The molecule has 20 rings (SSSR count). The van der Waals surface area contributed by atoms with Crippen molar-refractivity contribution >= 4 is 99.5 Å². The molecule has 0 unspecified atom stereocenters. The smallest absolute Gasteiger partial charge is 0.159 e. The number of hydrogen-bond donors (Lipinski definition) is 0. The van der Waals surface area contributed by atoms with Crippen LogP contribution < -0.4 is 9.80 Å². The molecule has 20 aromatic rings. The molecule has 0 aliphatic carbocycles. The molecule has 0 amide bonds. The number of nitrogens with zero attached hydrogens (tertiary/aromatic N) is 11. The SMILES string of the molecule is c1ccc(-n2ccc3cc4c(cc32)c2cc(N(c3ccc(-c5cccnc5)cc3)c3ccc(-c5cccnc5)cc3)ccc2n4-c2ccccc2)cc1.c1ccc(-n2ccc3cc4c(cc32)c2cc(N(c3ccc(-c5cccnc5)cc3)c3ccc(-c5ncccn5)cc3)ccc2n4-c2ccccc2)cc1. The number of benzene rings is 12. The average Bonchev–Trinajstić information content (AvgIpc) is 1.57. The van der Waals surface area contributed by atoms with E-state index < -0.39 is 0 Å². The first-order chi connectivity index (χ1) is 52.6. The summed E-state index contributed by atoms with van der Waals surface area (Å²) in [7, 11) is 0. The Labute approximate surface area is 612 Å². The lowest BCUT2D eigenvalue weighted by atomic mass is 10.0. The zero-order chi connectivity index (χ0) is 70.3. The third kappa shape index (κ3) is 11.6. The Morgan fingerprint density at radius 2 is 0.547 bits per heavy atom. The summed E-state index contributed by atoms with van der Waals surface area (Å²) in [6, 6.07) is 119. The standard InChI is InChI=1S/C48H33N5.C47H32N6/c1-3-11-39(12-4-1)51-28-25-36-29-48-45(31-47(36)51)44-30-43(23-24-46(44)53(48)40-13-5-2-6-14-40)52(41-19-15-34(16-20-41)37-9-7-26-49-32-37)42-21-17-35(18-22-42)38-10-8-27-50-33-38;1-3-10-37(11-4-1)51-28-24-35-29-46-43(31-45(35)51)42-30-41(22-23-44(42)53(46)38-12-5-2-6-13-38)52(39-18-14-33(15-19-39)36-9-7-25-48-32-36)40-20-16-34(17-21-40)47-49-26-8-27-50-47/h1-33H;1-32H. The molecular formula is C95H65N11. The first-order valence-corrected chi connectivity index (χ1v) is 35.5. The van der Waals surface area contributed by atoms with Crippen molar-refractivity contribution in [2.45, 2.75) is 0 Å². The number of para-hydroxylation sites is 4. The Balaban J connectivity index is 0.000000145. The molecule has 0 N–H and O–H groups in total. The molecule has 0 aliphatic heterocycles. The van der Waals surface area contributed by atoms with Gasteiger partial charge in [0.15, 0.2) is 5.82 Å². The van der Waals surface area contributed by atoms with Crippen molar-refractivity contribution in [3.8, 4) is 67.5 Å². The van der Waals surface area contributed by atoms with Crippen molar-refractivity contribution in [2.24, 2.45) is 0 Å². The summed E-state index contributed by atoms with van der Waals surface area (Å²) in [5, 5.41) is 7.15. The molecule has 500 valence electrons. The van der Waals surface area contributed by atoms with Crippen molar-refractivity contribution in [2.75, 3.05) is 9.80 Å². The van der Waals surface area contributed by atoms with Crippen molar-refractivity contribution in [1.29, 1.82) is 0 Å². The molecule has 8 aromatic heterocycles. The van der Waals surface area contributed by atoms with E-state index in [4.69, 9.17) is 0 Å². The minimum Gasteiger partial charge on any atom is -0.317 e. The Morgan fingerprint density at radius 3 is 0.896 bits per heavy atom. The topological polar surface area (TPSA) is 90.7 Å². The fourth-order valence-electron chi connectivity index (χ4n) is 15.0. The fourth-order valence-corrected chi connectivity index (χ4v) is 15.0. The second-order valence-electron chi connectivity index (χ2n) is 26.3. The van der Waals surface area contributed by atoms with Crippen LogP contribution >= 0.6 is 0 Å². The predicted octanol–water partition coefficient (Wildman–Crippen LogP) is 24.0. The molecule has 11 heteroatoms. The lowest BCUT2D eigenvalue weighted by Crippen LogP contribution is -2.10. The molecule has 0 saturated carbocycles. The quantitative estimate of drug-likeness (QED) is 0.107. The number of rotatable bonds is 14. The van der Waals surface area contributed by atoms with Gasteiger partial charge in [-0.25, -0.2) is 9.97 Å². The van der Waals surface area contributed by atoms with Crippen molar-refractivity contribution in [3.63, 3.8) is 0 Å². The fraction of sp³-hybridized carbons (Fsp3) is 0. The molecule has 8 heterocycles. The van der Waals surface area contributed by atoms with Gasteiger partial charge in [0.1, 0.15) is 0 Å². The van der Waals surface area contributed by atoms with E-state index in [0.717, 1.165) is 107 Å². The van der Waals surface area contributed by atoms with Gasteiger partial charge in [-0.1, -0.05) is 127 Å². The van der Waals surface area contributed by atoms with Gasteiger partial charge in [-0.15, -0.1) is 0 Å². The van der Waals surface area contributed by atoms with E-state index in [1.54, 1.807) is 18.6 Å². The van der Waals surface area contributed by atoms with Crippen LogP contribution in [0.15, 0.2) is 396 Å². The molecule has 106 heavy (non-hydrogen) atoms. The number of aromatic nitrogens is 9. The first-order valence-electron chi connectivity index (χ1n) is 35.5. The summed E-state index contributed by atoms with van der Waals surface area (Å²) < 4.78 is 9.33. The molecule has 0 aliphatic rings. The third-order valence-electron chi connectivity index (χ3n) is 20.0. The van der Waals surface area contributed by atoms with Gasteiger partial charge in [-0.3, -0.25) is 15.0 Å². The maximum atomic E-state index is 4.48. The number of fused-ring (bicyclic) bond motifs is 8. The first kappa shape index (κ1) is 62.5. The van der Waals surface area contributed by atoms with Crippen molar-refractivity contribution < 1.29 is 0 Å². The highest BCUT2D eigenvalue weighted by atomic mass is 15.2. The lowest BCUT2D eigenvalue weighted by molar-refractivity contribution is 1.13. The van der Waals surface area contributed by atoms with Crippen LogP contribution in [0.4, 0.5) is 34.1 Å². The van der Waals surface area contributed by atoms with Crippen LogP contribution in [-0.2, 0) is 0 Å². The predicted molar refractivity (Wildman–Crippen MR) is 435 cm³/mol. The van der Waals surface area contributed by atoms with E-state index >= 15 is 0 Å². The number of anilines is 6. The van der Waals surface area contributed by atoms with Gasteiger partial charge in [-0.2, -0.15) is 0 Å². The van der Waals surface area contributed by atoms with Crippen LogP contribution in [0.5, 0.6) is 0 Å². The van der Waals surface area contributed by atoms with E-state index in [9.17, 15) is 0 Å². The van der Waals surface area contributed by atoms with E-state index in [-0.39, 0.29) is 0 Å². The minimum atomic E-state index is 0.702. The number of pyridine rings is 3. The Kier molecular flexibility index (Phi) is 16.0. The third-order valence-corrected chi connectivity index (χ3v) is 20.0. The summed E-state index contributed by atoms with van der Waals surface area (Å²) in [6.07, 6.45) is 19.0. The van der Waals surface area contributed by atoms with Crippen LogP contribution in [0, 0.1) is 0 Å².